The summed E-state index contributed by atoms with van der Waals surface area (Å²) in [6.07, 6.45) is 5.13. The van der Waals surface area contributed by atoms with Gasteiger partial charge in [-0.05, 0) is 18.2 Å². The summed E-state index contributed by atoms with van der Waals surface area (Å²) in [5.74, 6) is 1.66. The zero-order valence-electron chi connectivity index (χ0n) is 13.3. The minimum absolute atomic E-state index is 0.103. The molecule has 0 radical (unpaired) electrons. The number of hydrogen-bond donors (Lipinski definition) is 0. The van der Waals surface area contributed by atoms with Crippen molar-refractivity contribution in [1.82, 2.24) is 19.8 Å². The second-order valence-corrected chi connectivity index (χ2v) is 5.64. The molecule has 1 aliphatic heterocycles. The summed E-state index contributed by atoms with van der Waals surface area (Å²) >= 11 is 0. The average molecular weight is 315 g/mol. The molecular formula is C16H21N5O2. The van der Waals surface area contributed by atoms with Gasteiger partial charge in [0.1, 0.15) is 5.76 Å². The molecule has 0 spiro atoms. The van der Waals surface area contributed by atoms with Crippen LogP contribution in [0.2, 0.25) is 0 Å². The van der Waals surface area contributed by atoms with Crippen LogP contribution in [0, 0.1) is 0 Å². The van der Waals surface area contributed by atoms with E-state index < -0.39 is 0 Å². The predicted molar refractivity (Wildman–Crippen MR) is 85.9 cm³/mol. The van der Waals surface area contributed by atoms with Gasteiger partial charge in [0, 0.05) is 45.6 Å². The monoisotopic (exact) mass is 315 g/mol. The molecule has 0 aliphatic carbocycles. The Morgan fingerprint density at radius 2 is 1.96 bits per heavy atom. The molecule has 1 amide bonds. The quantitative estimate of drug-likeness (QED) is 0.815. The third-order valence-corrected chi connectivity index (χ3v) is 3.97. The Morgan fingerprint density at radius 1 is 1.22 bits per heavy atom. The Balaban J connectivity index is 1.46. The molecule has 23 heavy (non-hydrogen) atoms. The lowest BCUT2D eigenvalue weighted by atomic mass is 10.3. The van der Waals surface area contributed by atoms with Gasteiger partial charge in [-0.3, -0.25) is 9.69 Å². The zero-order chi connectivity index (χ0) is 16.1. The highest BCUT2D eigenvalue weighted by atomic mass is 16.3. The Hall–Kier alpha value is -2.41. The van der Waals surface area contributed by atoms with E-state index in [1.54, 1.807) is 30.6 Å². The number of amides is 1. The molecule has 3 heterocycles. The van der Waals surface area contributed by atoms with Gasteiger partial charge in [-0.25, -0.2) is 9.97 Å². The van der Waals surface area contributed by atoms with Crippen molar-refractivity contribution < 1.29 is 9.21 Å². The SMILES string of the molecule is CN(Cc1ccco1)C(=O)CN1CCN(c2ncccn2)CC1. The molecule has 0 N–H and O–H groups in total. The number of aromatic nitrogens is 2. The molecule has 1 aliphatic rings. The van der Waals surface area contributed by atoms with Gasteiger partial charge >= 0.3 is 0 Å². The van der Waals surface area contributed by atoms with Crippen LogP contribution < -0.4 is 4.90 Å². The van der Waals surface area contributed by atoms with Crippen LogP contribution in [0.25, 0.3) is 0 Å². The zero-order valence-corrected chi connectivity index (χ0v) is 13.3. The molecule has 2 aromatic heterocycles. The molecule has 7 heteroatoms. The molecule has 2 aromatic rings. The van der Waals surface area contributed by atoms with Crippen molar-refractivity contribution >= 4 is 11.9 Å². The van der Waals surface area contributed by atoms with E-state index in [2.05, 4.69) is 19.8 Å². The van der Waals surface area contributed by atoms with Crippen molar-refractivity contribution in [3.8, 4) is 0 Å². The highest BCUT2D eigenvalue weighted by molar-refractivity contribution is 5.78. The number of piperazine rings is 1. The van der Waals surface area contributed by atoms with Crippen molar-refractivity contribution in [2.75, 3.05) is 44.7 Å². The minimum Gasteiger partial charge on any atom is -0.467 e. The minimum atomic E-state index is 0.103. The van der Waals surface area contributed by atoms with Gasteiger partial charge in [0.25, 0.3) is 0 Å². The number of hydrogen-bond acceptors (Lipinski definition) is 6. The van der Waals surface area contributed by atoms with Crippen molar-refractivity contribution in [1.29, 1.82) is 0 Å². The first-order chi connectivity index (χ1) is 11.2. The van der Waals surface area contributed by atoms with Gasteiger partial charge in [-0.1, -0.05) is 0 Å². The lowest BCUT2D eigenvalue weighted by Gasteiger charge is -2.34. The predicted octanol–water partition coefficient (Wildman–Crippen LogP) is 0.850. The van der Waals surface area contributed by atoms with Gasteiger partial charge in [0.2, 0.25) is 11.9 Å². The highest BCUT2D eigenvalue weighted by Crippen LogP contribution is 2.10. The van der Waals surface area contributed by atoms with Gasteiger partial charge in [-0.2, -0.15) is 0 Å². The average Bonchev–Trinajstić information content (AvgIpc) is 3.09. The Labute approximate surface area is 135 Å². The van der Waals surface area contributed by atoms with E-state index in [-0.39, 0.29) is 5.91 Å². The van der Waals surface area contributed by atoms with Crippen LogP contribution in [-0.2, 0) is 11.3 Å². The second-order valence-electron chi connectivity index (χ2n) is 5.64. The van der Waals surface area contributed by atoms with Gasteiger partial charge in [0.05, 0.1) is 19.4 Å². The van der Waals surface area contributed by atoms with Crippen molar-refractivity contribution in [3.63, 3.8) is 0 Å². The van der Waals surface area contributed by atoms with Gasteiger partial charge in [0.15, 0.2) is 0 Å². The first kappa shape index (κ1) is 15.5. The molecule has 1 saturated heterocycles. The van der Waals surface area contributed by atoms with Crippen molar-refractivity contribution in [2.45, 2.75) is 6.54 Å². The van der Waals surface area contributed by atoms with Crippen LogP contribution in [0.3, 0.4) is 0 Å². The molecule has 3 rings (SSSR count). The number of nitrogens with zero attached hydrogens (tertiary/aromatic N) is 5. The van der Waals surface area contributed by atoms with E-state index in [1.807, 2.05) is 18.2 Å². The normalized spacial score (nSPS) is 15.6. The van der Waals surface area contributed by atoms with E-state index in [9.17, 15) is 4.79 Å². The molecular weight excluding hydrogens is 294 g/mol. The van der Waals surface area contributed by atoms with E-state index in [0.29, 0.717) is 13.1 Å². The largest absolute Gasteiger partial charge is 0.467 e. The smallest absolute Gasteiger partial charge is 0.236 e. The van der Waals surface area contributed by atoms with Crippen LogP contribution >= 0.6 is 0 Å². The lowest BCUT2D eigenvalue weighted by molar-refractivity contribution is -0.131. The maximum atomic E-state index is 12.3. The standard InChI is InChI=1S/C16H21N5O2/c1-19(12-14-4-2-11-23-14)15(22)13-20-7-9-21(10-8-20)16-17-5-3-6-18-16/h2-6,11H,7-10,12-13H2,1H3. The number of carbonyl (C=O) groups is 1. The third-order valence-electron chi connectivity index (χ3n) is 3.97. The fraction of sp³-hybridized carbons (Fsp3) is 0.438. The van der Waals surface area contributed by atoms with E-state index >= 15 is 0 Å². The summed E-state index contributed by atoms with van der Waals surface area (Å²) in [6.45, 7) is 4.26. The molecule has 7 nitrogen and oxygen atoms in total. The molecule has 0 atom stereocenters. The summed E-state index contributed by atoms with van der Waals surface area (Å²) < 4.78 is 5.28. The second kappa shape index (κ2) is 7.23. The van der Waals surface area contributed by atoms with Crippen LogP contribution in [0.15, 0.2) is 41.3 Å². The van der Waals surface area contributed by atoms with Crippen LogP contribution in [0.5, 0.6) is 0 Å². The molecule has 122 valence electrons. The van der Waals surface area contributed by atoms with E-state index in [0.717, 1.165) is 37.9 Å². The Kier molecular flexibility index (Phi) is 4.87. The van der Waals surface area contributed by atoms with Crippen LogP contribution in [0.1, 0.15) is 5.76 Å². The van der Waals surface area contributed by atoms with Crippen molar-refractivity contribution in [2.24, 2.45) is 0 Å². The number of anilines is 1. The third kappa shape index (κ3) is 4.07. The van der Waals surface area contributed by atoms with Gasteiger partial charge in [-0.15, -0.1) is 0 Å². The maximum Gasteiger partial charge on any atom is 0.236 e. The fourth-order valence-electron chi connectivity index (χ4n) is 2.60. The van der Waals surface area contributed by atoms with E-state index in [4.69, 9.17) is 4.42 Å². The molecule has 0 bridgehead atoms. The Bertz CT molecular complexity index is 609. The summed E-state index contributed by atoms with van der Waals surface area (Å²) in [7, 11) is 1.80. The number of rotatable bonds is 5. The topological polar surface area (TPSA) is 65.7 Å². The molecule has 0 saturated carbocycles. The van der Waals surface area contributed by atoms with Crippen LogP contribution in [-0.4, -0.2) is 65.4 Å². The number of likely N-dealkylation sites (N-methyl/N-ethyl adjacent to an activating group) is 1. The highest BCUT2D eigenvalue weighted by Gasteiger charge is 2.21. The molecule has 0 aromatic carbocycles. The fourth-order valence-corrected chi connectivity index (χ4v) is 2.60. The molecule has 0 unspecified atom stereocenters. The summed E-state index contributed by atoms with van der Waals surface area (Å²) in [5, 5.41) is 0. The van der Waals surface area contributed by atoms with Crippen molar-refractivity contribution in [3.05, 3.63) is 42.6 Å². The summed E-state index contributed by atoms with van der Waals surface area (Å²) in [6, 6.07) is 5.52. The Morgan fingerprint density at radius 3 is 2.61 bits per heavy atom. The van der Waals surface area contributed by atoms with E-state index in [1.165, 1.54) is 0 Å². The first-order valence-corrected chi connectivity index (χ1v) is 7.73. The van der Waals surface area contributed by atoms with Gasteiger partial charge < -0.3 is 14.2 Å². The number of furan rings is 1. The number of carbonyl (C=O) groups excluding carboxylic acids is 1. The first-order valence-electron chi connectivity index (χ1n) is 7.73. The molecule has 1 fully saturated rings. The maximum absolute atomic E-state index is 12.3. The lowest BCUT2D eigenvalue weighted by Crippen LogP contribution is -2.50. The summed E-state index contributed by atoms with van der Waals surface area (Å²) in [5.41, 5.74) is 0. The summed E-state index contributed by atoms with van der Waals surface area (Å²) in [4.78, 5) is 26.8. The van der Waals surface area contributed by atoms with Crippen LogP contribution in [0.4, 0.5) is 5.95 Å².